The van der Waals surface area contributed by atoms with E-state index in [0.717, 1.165) is 17.3 Å². The fourth-order valence-corrected chi connectivity index (χ4v) is 5.22. The summed E-state index contributed by atoms with van der Waals surface area (Å²) in [5.41, 5.74) is 2.18. The predicted octanol–water partition coefficient (Wildman–Crippen LogP) is 6.89. The molecular weight excluding hydrogens is 567 g/mol. The van der Waals surface area contributed by atoms with Crippen molar-refractivity contribution in [2.75, 3.05) is 6.54 Å². The minimum absolute atomic E-state index is 0.252. The van der Waals surface area contributed by atoms with Crippen LogP contribution < -0.4 is 5.32 Å². The van der Waals surface area contributed by atoms with Gasteiger partial charge in [0.1, 0.15) is 18.2 Å². The second-order valence-corrected chi connectivity index (χ2v) is 10.9. The SMILES string of the molecule is CC(C)(c1ccc(Cl)c(Cl)c1)c1cnc(SCc2ccc(F)c(C(=O)NCC(=O)O)c2)n1-c1ccc(F)cc1. The first-order valence-corrected chi connectivity index (χ1v) is 13.4. The zero-order valence-electron chi connectivity index (χ0n) is 20.8. The fourth-order valence-electron chi connectivity index (χ4n) is 3.99. The minimum Gasteiger partial charge on any atom is -0.480 e. The lowest BCUT2D eigenvalue weighted by Crippen LogP contribution is -2.29. The van der Waals surface area contributed by atoms with Crippen molar-refractivity contribution in [3.05, 3.63) is 111 Å². The van der Waals surface area contributed by atoms with Crippen molar-refractivity contribution < 1.29 is 23.5 Å². The van der Waals surface area contributed by atoms with Gasteiger partial charge in [0.2, 0.25) is 0 Å². The Morgan fingerprint density at radius 1 is 1.03 bits per heavy atom. The maximum Gasteiger partial charge on any atom is 0.322 e. The summed E-state index contributed by atoms with van der Waals surface area (Å²) in [5, 5.41) is 12.4. The van der Waals surface area contributed by atoms with Crippen LogP contribution in [0.3, 0.4) is 0 Å². The van der Waals surface area contributed by atoms with Crippen LogP contribution in [-0.2, 0) is 16.0 Å². The van der Waals surface area contributed by atoms with Crippen molar-refractivity contribution in [1.29, 1.82) is 0 Å². The molecule has 3 aromatic carbocycles. The number of carbonyl (C=O) groups is 2. The summed E-state index contributed by atoms with van der Waals surface area (Å²) in [5.74, 6) is -2.86. The molecule has 4 aromatic rings. The van der Waals surface area contributed by atoms with Crippen LogP contribution in [0.4, 0.5) is 8.78 Å². The van der Waals surface area contributed by atoms with Crippen LogP contribution in [0.15, 0.2) is 72.0 Å². The van der Waals surface area contributed by atoms with E-state index in [-0.39, 0.29) is 11.4 Å². The number of aromatic nitrogens is 2. The van der Waals surface area contributed by atoms with Crippen molar-refractivity contribution in [3.63, 3.8) is 0 Å². The van der Waals surface area contributed by atoms with Gasteiger partial charge in [-0.15, -0.1) is 0 Å². The molecule has 0 aliphatic rings. The fraction of sp³-hybridized carbons (Fsp3) is 0.179. The van der Waals surface area contributed by atoms with Gasteiger partial charge in [-0.2, -0.15) is 0 Å². The number of hydrogen-bond donors (Lipinski definition) is 2. The molecule has 2 N–H and O–H groups in total. The van der Waals surface area contributed by atoms with Crippen LogP contribution >= 0.6 is 35.0 Å². The Hall–Kier alpha value is -3.40. The van der Waals surface area contributed by atoms with Crippen molar-refractivity contribution in [2.45, 2.75) is 30.2 Å². The topological polar surface area (TPSA) is 84.2 Å². The van der Waals surface area contributed by atoms with Gasteiger partial charge in [-0.25, -0.2) is 13.8 Å². The summed E-state index contributed by atoms with van der Waals surface area (Å²) in [6, 6.07) is 15.5. The van der Waals surface area contributed by atoms with Crippen molar-refractivity contribution in [3.8, 4) is 5.69 Å². The summed E-state index contributed by atoms with van der Waals surface area (Å²) in [4.78, 5) is 27.7. The highest BCUT2D eigenvalue weighted by Gasteiger charge is 2.30. The van der Waals surface area contributed by atoms with Crippen LogP contribution in [0.5, 0.6) is 0 Å². The molecule has 39 heavy (non-hydrogen) atoms. The van der Waals surface area contributed by atoms with Crippen molar-refractivity contribution in [2.24, 2.45) is 0 Å². The van der Waals surface area contributed by atoms with Crippen LogP contribution in [0.2, 0.25) is 10.0 Å². The number of hydrogen-bond acceptors (Lipinski definition) is 4. The van der Waals surface area contributed by atoms with E-state index >= 15 is 0 Å². The zero-order valence-corrected chi connectivity index (χ0v) is 23.2. The maximum absolute atomic E-state index is 14.3. The molecule has 0 spiro atoms. The Labute approximate surface area is 238 Å². The minimum atomic E-state index is -1.23. The standard InChI is InChI=1S/C28H23Cl2F2N3O3S/c1-28(2,17-4-9-21(29)22(30)12-17)24-13-34-27(35(24)19-7-5-18(31)6-8-19)39-15-16-3-10-23(32)20(11-16)26(38)33-14-25(36)37/h3-13H,14-15H2,1-2H3,(H,33,38)(H,36,37). The number of carboxylic acid groups (broad SMARTS) is 1. The molecule has 11 heteroatoms. The lowest BCUT2D eigenvalue weighted by Gasteiger charge is -2.28. The van der Waals surface area contributed by atoms with E-state index < -0.39 is 29.7 Å². The Morgan fingerprint density at radius 2 is 1.74 bits per heavy atom. The summed E-state index contributed by atoms with van der Waals surface area (Å²) >= 11 is 13.8. The van der Waals surface area contributed by atoms with Crippen molar-refractivity contribution in [1.82, 2.24) is 14.9 Å². The Morgan fingerprint density at radius 3 is 2.41 bits per heavy atom. The van der Waals surface area contributed by atoms with E-state index in [1.165, 1.54) is 30.0 Å². The number of thioether (sulfide) groups is 1. The highest BCUT2D eigenvalue weighted by molar-refractivity contribution is 7.98. The quantitative estimate of drug-likeness (QED) is 0.208. The van der Waals surface area contributed by atoms with E-state index in [9.17, 15) is 18.4 Å². The Kier molecular flexibility index (Phi) is 8.64. The molecule has 4 rings (SSSR count). The first-order valence-electron chi connectivity index (χ1n) is 11.7. The molecular formula is C28H23Cl2F2N3O3S. The number of carboxylic acids is 1. The first kappa shape index (κ1) is 28.6. The normalized spacial score (nSPS) is 11.4. The average molecular weight is 590 g/mol. The van der Waals surface area contributed by atoms with Gasteiger partial charge in [0.05, 0.1) is 27.5 Å². The zero-order chi connectivity index (χ0) is 28.3. The van der Waals surface area contributed by atoms with Crippen molar-refractivity contribution >= 4 is 46.8 Å². The highest BCUT2D eigenvalue weighted by Crippen LogP contribution is 2.38. The lowest BCUT2D eigenvalue weighted by molar-refractivity contribution is -0.135. The van der Waals surface area contributed by atoms with E-state index in [0.29, 0.717) is 32.2 Å². The number of carbonyl (C=O) groups excluding carboxylic acids is 1. The van der Waals surface area contributed by atoms with E-state index in [2.05, 4.69) is 10.3 Å². The number of amides is 1. The number of nitrogens with one attached hydrogen (secondary N) is 1. The van der Waals surface area contributed by atoms with Gasteiger partial charge in [-0.3, -0.25) is 14.2 Å². The van der Waals surface area contributed by atoms with Crippen LogP contribution in [0.1, 0.15) is 41.0 Å². The summed E-state index contributed by atoms with van der Waals surface area (Å²) in [6.07, 6.45) is 1.74. The van der Waals surface area contributed by atoms with Gasteiger partial charge in [0.15, 0.2) is 5.16 Å². The molecule has 0 saturated heterocycles. The van der Waals surface area contributed by atoms with Gasteiger partial charge in [0.25, 0.3) is 5.91 Å². The van der Waals surface area contributed by atoms with E-state index in [1.54, 1.807) is 36.5 Å². The van der Waals surface area contributed by atoms with Crippen LogP contribution in [0.25, 0.3) is 5.69 Å². The number of aliphatic carboxylic acids is 1. The molecule has 0 aliphatic carbocycles. The maximum atomic E-state index is 14.3. The first-order chi connectivity index (χ1) is 18.5. The summed E-state index contributed by atoms with van der Waals surface area (Å²) < 4.78 is 30.0. The third-order valence-corrected chi connectivity index (χ3v) is 7.90. The van der Waals surface area contributed by atoms with Gasteiger partial charge < -0.3 is 10.4 Å². The van der Waals surface area contributed by atoms with Gasteiger partial charge in [-0.1, -0.05) is 60.9 Å². The molecule has 0 aliphatic heterocycles. The lowest BCUT2D eigenvalue weighted by atomic mass is 9.81. The molecule has 6 nitrogen and oxygen atoms in total. The number of benzene rings is 3. The Bertz CT molecular complexity index is 1540. The molecule has 0 saturated carbocycles. The predicted molar refractivity (Wildman–Crippen MR) is 148 cm³/mol. The summed E-state index contributed by atoms with van der Waals surface area (Å²) in [7, 11) is 0. The number of nitrogens with zero attached hydrogens (tertiary/aromatic N) is 2. The second kappa shape index (κ2) is 11.8. The number of halogens is 4. The molecule has 1 heterocycles. The van der Waals surface area contributed by atoms with Crippen LogP contribution in [0, 0.1) is 11.6 Å². The molecule has 0 radical (unpaired) electrons. The van der Waals surface area contributed by atoms with E-state index in [1.807, 2.05) is 24.5 Å². The average Bonchev–Trinajstić information content (AvgIpc) is 3.33. The third-order valence-electron chi connectivity index (χ3n) is 6.14. The number of imidazole rings is 1. The molecule has 1 aromatic heterocycles. The largest absolute Gasteiger partial charge is 0.480 e. The van der Waals surface area contributed by atoms with Gasteiger partial charge in [-0.05, 0) is 59.7 Å². The smallest absolute Gasteiger partial charge is 0.322 e. The molecule has 0 fully saturated rings. The molecule has 0 bridgehead atoms. The molecule has 0 atom stereocenters. The summed E-state index contributed by atoms with van der Waals surface area (Å²) in [6.45, 7) is 3.41. The van der Waals surface area contributed by atoms with Gasteiger partial charge in [0, 0.05) is 16.9 Å². The van der Waals surface area contributed by atoms with Gasteiger partial charge >= 0.3 is 5.97 Å². The van der Waals surface area contributed by atoms with E-state index in [4.69, 9.17) is 28.3 Å². The molecule has 202 valence electrons. The Balaban J connectivity index is 1.69. The molecule has 0 unspecified atom stereocenters. The van der Waals surface area contributed by atoms with Crippen LogP contribution in [-0.4, -0.2) is 33.1 Å². The number of rotatable bonds is 9. The molecule has 1 amide bonds. The second-order valence-electron chi connectivity index (χ2n) is 9.17. The monoisotopic (exact) mass is 589 g/mol. The highest BCUT2D eigenvalue weighted by atomic mass is 35.5. The third kappa shape index (κ3) is 6.43.